The Kier molecular flexibility index (Phi) is 3.74. The molecule has 0 bridgehead atoms. The second kappa shape index (κ2) is 6.37. The molecule has 0 saturated heterocycles. The van der Waals surface area contributed by atoms with Gasteiger partial charge >= 0.3 is 0 Å². The lowest BCUT2D eigenvalue weighted by Crippen LogP contribution is -2.23. The number of hydrogen-bond acceptors (Lipinski definition) is 5. The molecule has 0 unspecified atom stereocenters. The van der Waals surface area contributed by atoms with Gasteiger partial charge in [0.1, 0.15) is 12.0 Å². The Morgan fingerprint density at radius 3 is 2.88 bits per heavy atom. The number of aromatic amines is 1. The van der Waals surface area contributed by atoms with E-state index < -0.39 is 0 Å². The molecule has 5 rings (SSSR count). The van der Waals surface area contributed by atoms with Crippen LogP contribution in [0.2, 0.25) is 0 Å². The van der Waals surface area contributed by atoms with Gasteiger partial charge in [0.15, 0.2) is 0 Å². The maximum absolute atomic E-state index is 4.68. The molecular weight excluding hydrogens is 324 g/mol. The molecule has 4 aromatic rings. The number of aromatic nitrogens is 5. The fourth-order valence-corrected chi connectivity index (χ4v) is 3.80. The Morgan fingerprint density at radius 2 is 1.96 bits per heavy atom. The molecule has 1 fully saturated rings. The summed E-state index contributed by atoms with van der Waals surface area (Å²) in [7, 11) is 0. The zero-order valence-corrected chi connectivity index (χ0v) is 14.4. The van der Waals surface area contributed by atoms with Crippen LogP contribution in [0.15, 0.2) is 43.1 Å². The van der Waals surface area contributed by atoms with Gasteiger partial charge in [-0.1, -0.05) is 25.3 Å². The van der Waals surface area contributed by atoms with Crippen LogP contribution in [0.3, 0.4) is 0 Å². The van der Waals surface area contributed by atoms with Gasteiger partial charge < -0.3 is 10.3 Å². The minimum absolute atomic E-state index is 0.496. The molecule has 3 aromatic heterocycles. The number of fused-ring (bicyclic) bond motifs is 2. The summed E-state index contributed by atoms with van der Waals surface area (Å²) in [6.07, 6.45) is 13.6. The second-order valence-corrected chi connectivity index (χ2v) is 6.93. The number of hydrogen-bond donors (Lipinski definition) is 2. The Morgan fingerprint density at radius 1 is 1.04 bits per heavy atom. The van der Waals surface area contributed by atoms with Crippen LogP contribution in [-0.2, 0) is 0 Å². The van der Waals surface area contributed by atoms with Gasteiger partial charge in [-0.15, -0.1) is 0 Å². The van der Waals surface area contributed by atoms with Crippen LogP contribution < -0.4 is 5.32 Å². The van der Waals surface area contributed by atoms with Crippen molar-refractivity contribution in [2.45, 2.75) is 38.1 Å². The van der Waals surface area contributed by atoms with Crippen LogP contribution in [0.25, 0.3) is 33.1 Å². The third kappa shape index (κ3) is 2.77. The standard InChI is InChI=1S/C20H20N6/c1-2-4-15(5-3-1)25-20-23-11-17-16(10-22-19(17)26-20)13-6-7-18-14(8-13)9-21-12-24-18/h6-12,15H,1-5H2,(H2,22,23,25,26). The molecular formula is C20H20N6. The Bertz CT molecular complexity index is 1060. The van der Waals surface area contributed by atoms with E-state index in [1.165, 1.54) is 32.1 Å². The van der Waals surface area contributed by atoms with E-state index in [1.807, 2.05) is 24.7 Å². The summed E-state index contributed by atoms with van der Waals surface area (Å²) in [5, 5.41) is 5.53. The van der Waals surface area contributed by atoms with E-state index in [0.717, 1.165) is 33.1 Å². The zero-order chi connectivity index (χ0) is 17.3. The molecule has 26 heavy (non-hydrogen) atoms. The van der Waals surface area contributed by atoms with Gasteiger partial charge in [-0.05, 0) is 30.5 Å². The van der Waals surface area contributed by atoms with Crippen molar-refractivity contribution in [1.82, 2.24) is 24.9 Å². The van der Waals surface area contributed by atoms with Crippen molar-refractivity contribution >= 4 is 27.9 Å². The molecule has 6 heteroatoms. The van der Waals surface area contributed by atoms with E-state index in [-0.39, 0.29) is 0 Å². The average Bonchev–Trinajstić information content (AvgIpc) is 3.12. The molecule has 0 spiro atoms. The summed E-state index contributed by atoms with van der Waals surface area (Å²) in [5.74, 6) is 0.713. The van der Waals surface area contributed by atoms with E-state index in [4.69, 9.17) is 0 Å². The van der Waals surface area contributed by atoms with Crippen molar-refractivity contribution in [2.24, 2.45) is 0 Å². The molecule has 1 aromatic carbocycles. The lowest BCUT2D eigenvalue weighted by molar-refractivity contribution is 0.461. The van der Waals surface area contributed by atoms with E-state index in [2.05, 4.69) is 42.4 Å². The van der Waals surface area contributed by atoms with Crippen LogP contribution >= 0.6 is 0 Å². The van der Waals surface area contributed by atoms with Crippen molar-refractivity contribution in [1.29, 1.82) is 0 Å². The predicted molar refractivity (Wildman–Crippen MR) is 103 cm³/mol. The highest BCUT2D eigenvalue weighted by Crippen LogP contribution is 2.30. The first-order valence-corrected chi connectivity index (χ1v) is 9.18. The molecule has 1 aliphatic carbocycles. The number of nitrogens with zero attached hydrogens (tertiary/aromatic N) is 4. The summed E-state index contributed by atoms with van der Waals surface area (Å²) in [6, 6.07) is 6.69. The number of rotatable bonds is 3. The number of anilines is 1. The fraction of sp³-hybridized carbons (Fsp3) is 0.300. The lowest BCUT2D eigenvalue weighted by Gasteiger charge is -2.22. The molecule has 1 saturated carbocycles. The van der Waals surface area contributed by atoms with E-state index >= 15 is 0 Å². The first-order valence-electron chi connectivity index (χ1n) is 9.18. The van der Waals surface area contributed by atoms with Gasteiger partial charge in [0.05, 0.1) is 5.52 Å². The summed E-state index contributed by atoms with van der Waals surface area (Å²) >= 11 is 0. The first-order chi connectivity index (χ1) is 12.9. The number of benzene rings is 1. The van der Waals surface area contributed by atoms with Gasteiger partial charge in [0, 0.05) is 41.0 Å². The molecule has 2 N–H and O–H groups in total. The topological polar surface area (TPSA) is 79.4 Å². The number of nitrogens with one attached hydrogen (secondary N) is 2. The van der Waals surface area contributed by atoms with Crippen LogP contribution in [-0.4, -0.2) is 31.0 Å². The van der Waals surface area contributed by atoms with E-state index in [9.17, 15) is 0 Å². The maximum Gasteiger partial charge on any atom is 0.224 e. The highest BCUT2D eigenvalue weighted by atomic mass is 15.1. The van der Waals surface area contributed by atoms with Crippen LogP contribution in [0, 0.1) is 0 Å². The molecule has 0 radical (unpaired) electrons. The molecule has 3 heterocycles. The Hall–Kier alpha value is -3.02. The third-order valence-electron chi connectivity index (χ3n) is 5.19. The largest absolute Gasteiger partial charge is 0.351 e. The van der Waals surface area contributed by atoms with Crippen molar-refractivity contribution < 1.29 is 0 Å². The Labute approximate surface area is 151 Å². The van der Waals surface area contributed by atoms with Crippen molar-refractivity contribution in [3.63, 3.8) is 0 Å². The average molecular weight is 344 g/mol. The smallest absolute Gasteiger partial charge is 0.224 e. The molecule has 0 atom stereocenters. The van der Waals surface area contributed by atoms with Crippen molar-refractivity contribution in [3.8, 4) is 11.1 Å². The van der Waals surface area contributed by atoms with Gasteiger partial charge in [0.25, 0.3) is 0 Å². The van der Waals surface area contributed by atoms with Crippen LogP contribution in [0.4, 0.5) is 5.95 Å². The quantitative estimate of drug-likeness (QED) is 0.579. The van der Waals surface area contributed by atoms with E-state index in [0.29, 0.717) is 12.0 Å². The zero-order valence-electron chi connectivity index (χ0n) is 14.4. The molecule has 0 amide bonds. The van der Waals surface area contributed by atoms with Crippen molar-refractivity contribution in [3.05, 3.63) is 43.1 Å². The van der Waals surface area contributed by atoms with Gasteiger partial charge in [-0.2, -0.15) is 4.98 Å². The second-order valence-electron chi connectivity index (χ2n) is 6.93. The monoisotopic (exact) mass is 344 g/mol. The Balaban J connectivity index is 1.48. The summed E-state index contributed by atoms with van der Waals surface area (Å²) < 4.78 is 0. The molecule has 0 aliphatic heterocycles. The number of H-pyrrole nitrogens is 1. The summed E-state index contributed by atoms with van der Waals surface area (Å²) in [6.45, 7) is 0. The van der Waals surface area contributed by atoms with Gasteiger partial charge in [0.2, 0.25) is 5.95 Å². The normalized spacial score (nSPS) is 15.5. The van der Waals surface area contributed by atoms with Crippen molar-refractivity contribution in [2.75, 3.05) is 5.32 Å². The van der Waals surface area contributed by atoms with Gasteiger partial charge in [-0.25, -0.2) is 15.0 Å². The minimum Gasteiger partial charge on any atom is -0.351 e. The highest BCUT2D eigenvalue weighted by Gasteiger charge is 2.15. The SMILES string of the molecule is c1ncc2cc(-c3c[nH]c4nc(NC5CCCCC5)ncc34)ccc2n1. The predicted octanol–water partition coefficient (Wildman–Crippen LogP) is 4.31. The van der Waals surface area contributed by atoms with Crippen LogP contribution in [0.1, 0.15) is 32.1 Å². The summed E-state index contributed by atoms with van der Waals surface area (Å²) in [5.41, 5.74) is 4.00. The van der Waals surface area contributed by atoms with Gasteiger partial charge in [-0.3, -0.25) is 0 Å². The lowest BCUT2D eigenvalue weighted by atomic mass is 9.96. The van der Waals surface area contributed by atoms with Crippen LogP contribution in [0.5, 0.6) is 0 Å². The molecule has 130 valence electrons. The third-order valence-corrected chi connectivity index (χ3v) is 5.19. The first kappa shape index (κ1) is 15.3. The maximum atomic E-state index is 4.68. The molecule has 6 nitrogen and oxygen atoms in total. The minimum atomic E-state index is 0.496. The summed E-state index contributed by atoms with van der Waals surface area (Å²) in [4.78, 5) is 20.9. The fourth-order valence-electron chi connectivity index (χ4n) is 3.80. The highest BCUT2D eigenvalue weighted by molar-refractivity contribution is 5.96. The molecule has 1 aliphatic rings. The van der Waals surface area contributed by atoms with E-state index in [1.54, 1.807) is 6.33 Å².